The third-order valence-corrected chi connectivity index (χ3v) is 6.28. The van der Waals surface area contributed by atoms with Crippen molar-refractivity contribution in [2.24, 2.45) is 11.8 Å². The van der Waals surface area contributed by atoms with Gasteiger partial charge in [0.15, 0.2) is 0 Å². The minimum Gasteiger partial charge on any atom is -0.352 e. The van der Waals surface area contributed by atoms with Crippen molar-refractivity contribution in [2.45, 2.75) is 38.1 Å². The highest BCUT2D eigenvalue weighted by Crippen LogP contribution is 2.40. The van der Waals surface area contributed by atoms with Crippen LogP contribution in [0.15, 0.2) is 48.5 Å². The van der Waals surface area contributed by atoms with Crippen LogP contribution in [-0.4, -0.2) is 31.4 Å². The second-order valence-corrected chi connectivity index (χ2v) is 8.73. The topological polar surface area (TPSA) is 32.3 Å². The number of nitrogens with one attached hydrogen (secondary N) is 1. The zero-order valence-corrected chi connectivity index (χ0v) is 18.0. The van der Waals surface area contributed by atoms with Crippen molar-refractivity contribution in [1.29, 1.82) is 0 Å². The first-order valence-electron chi connectivity index (χ1n) is 10.4. The van der Waals surface area contributed by atoms with Crippen molar-refractivity contribution in [2.75, 3.05) is 20.6 Å². The molecule has 156 valence electrons. The predicted octanol–water partition coefficient (Wildman–Crippen LogP) is 5.71. The molecule has 1 aliphatic rings. The highest BCUT2D eigenvalue weighted by molar-refractivity contribution is 6.30. The van der Waals surface area contributed by atoms with Crippen LogP contribution < -0.4 is 5.32 Å². The lowest BCUT2D eigenvalue weighted by Crippen LogP contribution is -2.31. The maximum Gasteiger partial charge on any atom is 0.251 e. The van der Waals surface area contributed by atoms with E-state index in [1.165, 1.54) is 6.07 Å². The van der Waals surface area contributed by atoms with Crippen LogP contribution in [-0.2, 0) is 0 Å². The Kier molecular flexibility index (Phi) is 7.68. The Morgan fingerprint density at radius 1 is 1.14 bits per heavy atom. The summed E-state index contributed by atoms with van der Waals surface area (Å²) in [6, 6.07) is 14.2. The van der Waals surface area contributed by atoms with Gasteiger partial charge in [-0.15, -0.1) is 0 Å². The fraction of sp³-hybridized carbons (Fsp3) is 0.458. The smallest absolute Gasteiger partial charge is 0.251 e. The van der Waals surface area contributed by atoms with Gasteiger partial charge in [-0.1, -0.05) is 36.6 Å². The zero-order valence-electron chi connectivity index (χ0n) is 17.2. The Hall–Kier alpha value is -1.91. The standard InChI is InChI=1S/C24H30ClFN2O/c1-28(2)23(20-4-3-5-22(26)16-20)18-8-6-17(7-9-18)14-15-27-24(29)19-10-12-21(25)13-11-19/h3-5,10-13,16-18,23H,6-9,14-15H2,1-2H3,(H,27,29). The normalized spacial score (nSPS) is 20.4. The zero-order chi connectivity index (χ0) is 20.8. The number of nitrogens with zero attached hydrogens (tertiary/aromatic N) is 1. The molecule has 2 aromatic rings. The van der Waals surface area contributed by atoms with E-state index in [-0.39, 0.29) is 17.8 Å². The summed E-state index contributed by atoms with van der Waals surface area (Å²) in [7, 11) is 4.15. The van der Waals surface area contributed by atoms with E-state index in [9.17, 15) is 9.18 Å². The summed E-state index contributed by atoms with van der Waals surface area (Å²) < 4.78 is 13.7. The van der Waals surface area contributed by atoms with Crippen molar-refractivity contribution < 1.29 is 9.18 Å². The lowest BCUT2D eigenvalue weighted by Gasteiger charge is -2.37. The first-order chi connectivity index (χ1) is 13.9. The molecule has 1 atom stereocenters. The van der Waals surface area contributed by atoms with E-state index in [0.717, 1.165) is 37.7 Å². The van der Waals surface area contributed by atoms with E-state index >= 15 is 0 Å². The molecule has 0 radical (unpaired) electrons. The minimum atomic E-state index is -0.167. The summed E-state index contributed by atoms with van der Waals surface area (Å²) in [5.74, 6) is 0.951. The van der Waals surface area contributed by atoms with Crippen molar-refractivity contribution in [1.82, 2.24) is 10.2 Å². The molecular formula is C24H30ClFN2O. The maximum atomic E-state index is 13.7. The van der Waals surface area contributed by atoms with E-state index in [4.69, 9.17) is 11.6 Å². The van der Waals surface area contributed by atoms with Crippen LogP contribution in [0.3, 0.4) is 0 Å². The van der Waals surface area contributed by atoms with Gasteiger partial charge in [0.05, 0.1) is 0 Å². The van der Waals surface area contributed by atoms with Crippen LogP contribution in [0.25, 0.3) is 0 Å². The highest BCUT2D eigenvalue weighted by atomic mass is 35.5. The number of amides is 1. The van der Waals surface area contributed by atoms with E-state index in [1.807, 2.05) is 6.07 Å². The van der Waals surface area contributed by atoms with Crippen LogP contribution in [0.5, 0.6) is 0 Å². The van der Waals surface area contributed by atoms with E-state index in [1.54, 1.807) is 36.4 Å². The second kappa shape index (κ2) is 10.2. The van der Waals surface area contributed by atoms with Gasteiger partial charge in [-0.25, -0.2) is 4.39 Å². The van der Waals surface area contributed by atoms with Gasteiger partial charge in [-0.05, 0) is 87.2 Å². The first-order valence-corrected chi connectivity index (χ1v) is 10.8. The molecule has 1 fully saturated rings. The Morgan fingerprint density at radius 2 is 1.83 bits per heavy atom. The molecule has 0 spiro atoms. The predicted molar refractivity (Wildman–Crippen MR) is 117 cm³/mol. The van der Waals surface area contributed by atoms with E-state index in [0.29, 0.717) is 29.0 Å². The Bertz CT molecular complexity index is 801. The van der Waals surface area contributed by atoms with Crippen LogP contribution >= 0.6 is 11.6 Å². The van der Waals surface area contributed by atoms with E-state index < -0.39 is 0 Å². The van der Waals surface area contributed by atoms with Gasteiger partial charge < -0.3 is 10.2 Å². The highest BCUT2D eigenvalue weighted by Gasteiger charge is 2.30. The molecule has 3 nitrogen and oxygen atoms in total. The van der Waals surface area contributed by atoms with Gasteiger partial charge in [0.25, 0.3) is 5.91 Å². The van der Waals surface area contributed by atoms with Gasteiger partial charge in [0.2, 0.25) is 0 Å². The number of carbonyl (C=O) groups is 1. The Morgan fingerprint density at radius 3 is 2.45 bits per heavy atom. The molecule has 1 amide bonds. The summed E-state index contributed by atoms with van der Waals surface area (Å²) in [6.45, 7) is 0.692. The lowest BCUT2D eigenvalue weighted by atomic mass is 9.75. The van der Waals surface area contributed by atoms with Gasteiger partial charge in [0, 0.05) is 23.2 Å². The van der Waals surface area contributed by atoms with Crippen molar-refractivity contribution in [3.63, 3.8) is 0 Å². The quantitative estimate of drug-likeness (QED) is 0.627. The number of rotatable bonds is 7. The molecule has 5 heteroatoms. The fourth-order valence-electron chi connectivity index (χ4n) is 4.57. The molecule has 1 aliphatic carbocycles. The molecular weight excluding hydrogens is 387 g/mol. The number of carbonyl (C=O) groups excluding carboxylic acids is 1. The van der Waals surface area contributed by atoms with Crippen LogP contribution in [0.1, 0.15) is 54.1 Å². The molecule has 3 rings (SSSR count). The number of halogens is 2. The molecule has 0 bridgehead atoms. The summed E-state index contributed by atoms with van der Waals surface area (Å²) in [6.07, 6.45) is 5.57. The lowest BCUT2D eigenvalue weighted by molar-refractivity contribution is 0.0947. The van der Waals surface area contributed by atoms with E-state index in [2.05, 4.69) is 24.3 Å². The molecule has 1 unspecified atom stereocenters. The average molecular weight is 417 g/mol. The molecule has 2 aromatic carbocycles. The molecule has 0 aromatic heterocycles. The molecule has 1 saturated carbocycles. The number of benzene rings is 2. The maximum absolute atomic E-state index is 13.7. The van der Waals surface area contributed by atoms with Gasteiger partial charge >= 0.3 is 0 Å². The van der Waals surface area contributed by atoms with Crippen molar-refractivity contribution in [3.05, 3.63) is 70.5 Å². The summed E-state index contributed by atoms with van der Waals surface area (Å²) in [5.41, 5.74) is 1.70. The number of hydrogen-bond acceptors (Lipinski definition) is 2. The molecule has 0 saturated heterocycles. The van der Waals surface area contributed by atoms with Crippen molar-refractivity contribution >= 4 is 17.5 Å². The fourth-order valence-corrected chi connectivity index (χ4v) is 4.69. The van der Waals surface area contributed by atoms with Crippen molar-refractivity contribution in [3.8, 4) is 0 Å². The van der Waals surface area contributed by atoms with Crippen LogP contribution in [0, 0.1) is 17.7 Å². The molecule has 1 N–H and O–H groups in total. The SMILES string of the molecule is CN(C)C(c1cccc(F)c1)C1CCC(CCNC(=O)c2ccc(Cl)cc2)CC1. The third-order valence-electron chi connectivity index (χ3n) is 6.03. The monoisotopic (exact) mass is 416 g/mol. The van der Waals surface area contributed by atoms with Gasteiger partial charge in [-0.3, -0.25) is 4.79 Å². The van der Waals surface area contributed by atoms with Gasteiger partial charge in [0.1, 0.15) is 5.82 Å². The molecule has 0 aliphatic heterocycles. The largest absolute Gasteiger partial charge is 0.352 e. The second-order valence-electron chi connectivity index (χ2n) is 8.30. The minimum absolute atomic E-state index is 0.0471. The summed E-state index contributed by atoms with van der Waals surface area (Å²) in [4.78, 5) is 14.4. The average Bonchev–Trinajstić information content (AvgIpc) is 2.69. The van der Waals surface area contributed by atoms with Crippen LogP contribution in [0.4, 0.5) is 4.39 Å². The van der Waals surface area contributed by atoms with Crippen LogP contribution in [0.2, 0.25) is 5.02 Å². The first kappa shape index (κ1) is 21.8. The Labute approximate surface area is 178 Å². The molecule has 29 heavy (non-hydrogen) atoms. The Balaban J connectivity index is 1.47. The number of hydrogen-bond donors (Lipinski definition) is 1. The summed E-state index contributed by atoms with van der Waals surface area (Å²) in [5, 5.41) is 3.65. The summed E-state index contributed by atoms with van der Waals surface area (Å²) >= 11 is 5.87. The van der Waals surface area contributed by atoms with Gasteiger partial charge in [-0.2, -0.15) is 0 Å². The molecule has 0 heterocycles. The third kappa shape index (κ3) is 6.03.